The molecule has 1 amide bonds. The highest BCUT2D eigenvalue weighted by molar-refractivity contribution is 5.94. The number of hydrogen-bond acceptors (Lipinski definition) is 5. The normalized spacial score (nSPS) is 19.6. The first-order chi connectivity index (χ1) is 12.7. The predicted molar refractivity (Wildman–Crippen MR) is 94.5 cm³/mol. The number of aromatic nitrogens is 2. The summed E-state index contributed by atoms with van der Waals surface area (Å²) in [6.07, 6.45) is 7.81. The molecule has 0 aromatic carbocycles. The molecule has 0 bridgehead atoms. The Balaban J connectivity index is 1.43. The molecule has 136 valence electrons. The Kier molecular flexibility index (Phi) is 4.55. The number of carbonyl (C=O) groups excluding carboxylic acids is 1. The van der Waals surface area contributed by atoms with Crippen molar-refractivity contribution in [2.75, 3.05) is 37.7 Å². The van der Waals surface area contributed by atoms with E-state index >= 15 is 0 Å². The van der Waals surface area contributed by atoms with Gasteiger partial charge in [0.1, 0.15) is 5.82 Å². The van der Waals surface area contributed by atoms with Crippen LogP contribution in [0.4, 0.5) is 10.1 Å². The van der Waals surface area contributed by atoms with Gasteiger partial charge in [0.25, 0.3) is 5.91 Å². The molecule has 26 heavy (non-hydrogen) atoms. The summed E-state index contributed by atoms with van der Waals surface area (Å²) in [5.74, 6) is -0.680. The maximum absolute atomic E-state index is 13.4. The molecule has 2 aromatic heterocycles. The molecular weight excluding hydrogens is 335 g/mol. The first kappa shape index (κ1) is 16.9. The van der Waals surface area contributed by atoms with Crippen molar-refractivity contribution in [2.24, 2.45) is 0 Å². The van der Waals surface area contributed by atoms with Crippen molar-refractivity contribution in [1.82, 2.24) is 14.9 Å². The van der Waals surface area contributed by atoms with Gasteiger partial charge in [-0.05, 0) is 31.0 Å². The average molecular weight is 356 g/mol. The summed E-state index contributed by atoms with van der Waals surface area (Å²) in [6, 6.07) is 5.25. The molecule has 0 radical (unpaired) electrons. The molecule has 2 saturated heterocycles. The Hall–Kier alpha value is -2.54. The van der Waals surface area contributed by atoms with Crippen molar-refractivity contribution in [3.05, 3.63) is 54.4 Å². The number of anilines is 1. The third-order valence-corrected chi connectivity index (χ3v) is 5.19. The van der Waals surface area contributed by atoms with Crippen LogP contribution in [0.25, 0.3) is 0 Å². The molecular formula is C19H21FN4O2. The second kappa shape index (κ2) is 6.99. The molecule has 4 rings (SSSR count). The van der Waals surface area contributed by atoms with Gasteiger partial charge in [-0.3, -0.25) is 14.8 Å². The molecule has 0 N–H and O–H groups in total. The van der Waals surface area contributed by atoms with Crippen LogP contribution in [0.5, 0.6) is 0 Å². The quantitative estimate of drug-likeness (QED) is 0.825. The zero-order valence-corrected chi connectivity index (χ0v) is 14.5. The van der Waals surface area contributed by atoms with Crippen molar-refractivity contribution >= 4 is 11.6 Å². The van der Waals surface area contributed by atoms with Crippen LogP contribution in [0.1, 0.15) is 23.2 Å². The van der Waals surface area contributed by atoms with Gasteiger partial charge in [-0.15, -0.1) is 0 Å². The Morgan fingerprint density at radius 1 is 1.12 bits per heavy atom. The summed E-state index contributed by atoms with van der Waals surface area (Å²) >= 11 is 0. The van der Waals surface area contributed by atoms with Crippen LogP contribution >= 0.6 is 0 Å². The van der Waals surface area contributed by atoms with Gasteiger partial charge >= 0.3 is 0 Å². The minimum atomic E-state index is -0.496. The second-order valence-corrected chi connectivity index (χ2v) is 6.84. The Bertz CT molecular complexity index is 778. The van der Waals surface area contributed by atoms with Gasteiger partial charge < -0.3 is 14.5 Å². The molecule has 7 heteroatoms. The summed E-state index contributed by atoms with van der Waals surface area (Å²) in [4.78, 5) is 24.6. The molecule has 0 atom stereocenters. The standard InChI is InChI=1S/C19H21FN4O2/c20-16-11-15(12-22-13-16)18(25)24-9-10-26-19(14-24)3-7-23(8-4-19)17-1-5-21-6-2-17/h1-2,5-6,11-13H,3-4,7-10,14H2. The molecule has 0 saturated carbocycles. The highest BCUT2D eigenvalue weighted by Crippen LogP contribution is 2.32. The fourth-order valence-corrected chi connectivity index (χ4v) is 3.76. The summed E-state index contributed by atoms with van der Waals surface area (Å²) in [7, 11) is 0. The summed E-state index contributed by atoms with van der Waals surface area (Å²) in [5, 5.41) is 0. The number of morpholine rings is 1. The van der Waals surface area contributed by atoms with Crippen molar-refractivity contribution in [3.63, 3.8) is 0 Å². The zero-order valence-electron chi connectivity index (χ0n) is 14.5. The van der Waals surface area contributed by atoms with Crippen LogP contribution in [0, 0.1) is 5.82 Å². The molecule has 2 fully saturated rings. The van der Waals surface area contributed by atoms with E-state index in [1.807, 2.05) is 12.1 Å². The number of hydrogen-bond donors (Lipinski definition) is 0. The Morgan fingerprint density at radius 2 is 1.88 bits per heavy atom. The van der Waals surface area contributed by atoms with E-state index in [-0.39, 0.29) is 17.1 Å². The average Bonchev–Trinajstić information content (AvgIpc) is 2.69. The molecule has 2 aromatic rings. The van der Waals surface area contributed by atoms with Crippen molar-refractivity contribution in [2.45, 2.75) is 18.4 Å². The first-order valence-electron chi connectivity index (χ1n) is 8.84. The molecule has 0 aliphatic carbocycles. The molecule has 4 heterocycles. The lowest BCUT2D eigenvalue weighted by molar-refractivity contribution is -0.111. The number of rotatable bonds is 2. The minimum Gasteiger partial charge on any atom is -0.371 e. The van der Waals surface area contributed by atoms with Crippen LogP contribution in [0.2, 0.25) is 0 Å². The SMILES string of the molecule is O=C(c1cncc(F)c1)N1CCOC2(CCN(c3ccncc3)CC2)C1. The third-order valence-electron chi connectivity index (χ3n) is 5.19. The molecule has 2 aliphatic rings. The topological polar surface area (TPSA) is 58.6 Å². The fourth-order valence-electron chi connectivity index (χ4n) is 3.76. The number of pyridine rings is 2. The van der Waals surface area contributed by atoms with Crippen LogP contribution in [-0.4, -0.2) is 59.2 Å². The fraction of sp³-hybridized carbons (Fsp3) is 0.421. The van der Waals surface area contributed by atoms with Gasteiger partial charge in [0.15, 0.2) is 0 Å². The number of ether oxygens (including phenoxy) is 1. The lowest BCUT2D eigenvalue weighted by Gasteiger charge is -2.47. The maximum atomic E-state index is 13.4. The predicted octanol–water partition coefficient (Wildman–Crippen LogP) is 2.13. The first-order valence-corrected chi connectivity index (χ1v) is 8.84. The van der Waals surface area contributed by atoms with Crippen molar-refractivity contribution in [3.8, 4) is 0 Å². The largest absolute Gasteiger partial charge is 0.371 e. The molecule has 1 spiro atoms. The van der Waals surface area contributed by atoms with Crippen LogP contribution < -0.4 is 4.90 Å². The van der Waals surface area contributed by atoms with Gasteiger partial charge in [-0.2, -0.15) is 0 Å². The van der Waals surface area contributed by atoms with E-state index in [9.17, 15) is 9.18 Å². The van der Waals surface area contributed by atoms with Crippen molar-refractivity contribution < 1.29 is 13.9 Å². The second-order valence-electron chi connectivity index (χ2n) is 6.84. The molecule has 2 aliphatic heterocycles. The van der Waals surface area contributed by atoms with Crippen LogP contribution in [0.3, 0.4) is 0 Å². The number of nitrogens with zero attached hydrogens (tertiary/aromatic N) is 4. The smallest absolute Gasteiger partial charge is 0.255 e. The summed E-state index contributed by atoms with van der Waals surface area (Å²) < 4.78 is 19.5. The number of piperidine rings is 1. The van der Waals surface area contributed by atoms with E-state index < -0.39 is 5.82 Å². The van der Waals surface area contributed by atoms with Crippen LogP contribution in [-0.2, 0) is 4.74 Å². The highest BCUT2D eigenvalue weighted by Gasteiger charge is 2.41. The van der Waals surface area contributed by atoms with Gasteiger partial charge in [-0.25, -0.2) is 4.39 Å². The minimum absolute atomic E-state index is 0.184. The van der Waals surface area contributed by atoms with Gasteiger partial charge in [0.05, 0.1) is 30.5 Å². The lowest BCUT2D eigenvalue weighted by Crippen LogP contribution is -2.58. The molecule has 0 unspecified atom stereocenters. The van der Waals surface area contributed by atoms with E-state index in [0.717, 1.165) is 37.8 Å². The van der Waals surface area contributed by atoms with E-state index in [4.69, 9.17) is 4.74 Å². The Labute approximate surface area is 151 Å². The Morgan fingerprint density at radius 3 is 2.62 bits per heavy atom. The van der Waals surface area contributed by atoms with E-state index in [1.165, 1.54) is 12.3 Å². The summed E-state index contributed by atoms with van der Waals surface area (Å²) in [6.45, 7) is 3.29. The number of halogens is 1. The summed E-state index contributed by atoms with van der Waals surface area (Å²) in [5.41, 5.74) is 1.12. The number of amides is 1. The van der Waals surface area contributed by atoms with Gasteiger partial charge in [0, 0.05) is 43.9 Å². The van der Waals surface area contributed by atoms with E-state index in [1.54, 1.807) is 17.3 Å². The monoisotopic (exact) mass is 356 g/mol. The van der Waals surface area contributed by atoms with Gasteiger partial charge in [0.2, 0.25) is 0 Å². The number of carbonyl (C=O) groups is 1. The zero-order chi connectivity index (χ0) is 18.0. The third kappa shape index (κ3) is 3.39. The van der Waals surface area contributed by atoms with E-state index in [2.05, 4.69) is 14.9 Å². The van der Waals surface area contributed by atoms with Crippen molar-refractivity contribution in [1.29, 1.82) is 0 Å². The van der Waals surface area contributed by atoms with Crippen LogP contribution in [0.15, 0.2) is 43.0 Å². The molecule has 6 nitrogen and oxygen atoms in total. The van der Waals surface area contributed by atoms with Gasteiger partial charge in [-0.1, -0.05) is 0 Å². The lowest BCUT2D eigenvalue weighted by atomic mass is 9.89. The maximum Gasteiger partial charge on any atom is 0.255 e. The highest BCUT2D eigenvalue weighted by atomic mass is 19.1. The van der Waals surface area contributed by atoms with E-state index in [0.29, 0.717) is 19.7 Å².